The van der Waals surface area contributed by atoms with Crippen molar-refractivity contribution in [1.29, 1.82) is 0 Å². The number of halogens is 2. The van der Waals surface area contributed by atoms with Crippen LogP contribution in [-0.2, 0) is 9.53 Å². The topological polar surface area (TPSA) is 98.5 Å². The molecule has 1 aromatic heterocycles. The van der Waals surface area contributed by atoms with E-state index in [9.17, 15) is 23.2 Å². The monoisotopic (exact) mass is 340 g/mol. The highest BCUT2D eigenvalue weighted by atomic mass is 32.1. The van der Waals surface area contributed by atoms with E-state index in [1.807, 2.05) is 0 Å². The van der Waals surface area contributed by atoms with E-state index >= 15 is 0 Å². The summed E-state index contributed by atoms with van der Waals surface area (Å²) in [5, 5.41) is 4.13. The summed E-state index contributed by atoms with van der Waals surface area (Å²) >= 11 is 1.07. The first-order valence-corrected chi connectivity index (χ1v) is 7.05. The number of rotatable bonds is 5. The lowest BCUT2D eigenvalue weighted by Crippen LogP contribution is -2.22. The third-order valence-electron chi connectivity index (χ3n) is 2.62. The standard InChI is InChI=1S/C14H10F2N2O4S/c15-8-3-7(4-9(16)5-8)14(21)22-6-11(19)18-13-10(12(17)20)1-2-23-13/h1-5H,6H2,(H2,17,20)(H,18,19). The van der Waals surface area contributed by atoms with Crippen LogP contribution in [0.1, 0.15) is 20.7 Å². The normalized spacial score (nSPS) is 10.2. The first-order chi connectivity index (χ1) is 10.9. The zero-order valence-corrected chi connectivity index (χ0v) is 12.3. The summed E-state index contributed by atoms with van der Waals surface area (Å²) in [7, 11) is 0. The molecule has 23 heavy (non-hydrogen) atoms. The summed E-state index contributed by atoms with van der Waals surface area (Å²) in [6.07, 6.45) is 0. The molecular formula is C14H10F2N2O4S. The maximum atomic E-state index is 13.0. The summed E-state index contributed by atoms with van der Waals surface area (Å²) in [4.78, 5) is 34.4. The van der Waals surface area contributed by atoms with Crippen molar-refractivity contribution in [1.82, 2.24) is 0 Å². The van der Waals surface area contributed by atoms with Crippen LogP contribution >= 0.6 is 11.3 Å². The van der Waals surface area contributed by atoms with Crippen LogP contribution < -0.4 is 11.1 Å². The highest BCUT2D eigenvalue weighted by molar-refractivity contribution is 7.14. The molecule has 0 saturated carbocycles. The van der Waals surface area contributed by atoms with Gasteiger partial charge < -0.3 is 15.8 Å². The lowest BCUT2D eigenvalue weighted by molar-refractivity contribution is -0.119. The number of benzene rings is 1. The van der Waals surface area contributed by atoms with Gasteiger partial charge in [0, 0.05) is 6.07 Å². The molecule has 2 aromatic rings. The molecule has 0 bridgehead atoms. The van der Waals surface area contributed by atoms with Crippen LogP contribution in [0.3, 0.4) is 0 Å². The number of primary amides is 1. The summed E-state index contributed by atoms with van der Waals surface area (Å²) < 4.78 is 30.6. The Labute approximate surface area is 132 Å². The molecule has 0 spiro atoms. The Bertz CT molecular complexity index is 756. The number of carbonyl (C=O) groups excluding carboxylic acids is 3. The summed E-state index contributed by atoms with van der Waals surface area (Å²) in [5.41, 5.74) is 4.89. The van der Waals surface area contributed by atoms with Gasteiger partial charge in [0.25, 0.3) is 11.8 Å². The fourth-order valence-electron chi connectivity index (χ4n) is 1.65. The lowest BCUT2D eigenvalue weighted by atomic mass is 10.2. The smallest absolute Gasteiger partial charge is 0.338 e. The van der Waals surface area contributed by atoms with E-state index in [0.29, 0.717) is 6.07 Å². The molecule has 1 heterocycles. The minimum absolute atomic E-state index is 0.127. The van der Waals surface area contributed by atoms with Gasteiger partial charge >= 0.3 is 5.97 Å². The number of nitrogens with one attached hydrogen (secondary N) is 1. The Kier molecular flexibility index (Phi) is 5.02. The van der Waals surface area contributed by atoms with Gasteiger partial charge in [0.2, 0.25) is 0 Å². The van der Waals surface area contributed by atoms with E-state index in [4.69, 9.17) is 5.73 Å². The third-order valence-corrected chi connectivity index (χ3v) is 3.45. The fraction of sp³-hybridized carbons (Fsp3) is 0.0714. The maximum absolute atomic E-state index is 13.0. The van der Waals surface area contributed by atoms with Crippen molar-refractivity contribution in [2.45, 2.75) is 0 Å². The van der Waals surface area contributed by atoms with Gasteiger partial charge in [-0.3, -0.25) is 9.59 Å². The lowest BCUT2D eigenvalue weighted by Gasteiger charge is -2.06. The van der Waals surface area contributed by atoms with E-state index < -0.39 is 36.0 Å². The van der Waals surface area contributed by atoms with Crippen molar-refractivity contribution < 1.29 is 27.9 Å². The number of ether oxygens (including phenoxy) is 1. The zero-order chi connectivity index (χ0) is 17.0. The molecule has 1 aromatic carbocycles. The molecule has 9 heteroatoms. The highest BCUT2D eigenvalue weighted by Gasteiger charge is 2.15. The van der Waals surface area contributed by atoms with Crippen LogP contribution in [0.2, 0.25) is 0 Å². The minimum atomic E-state index is -1.06. The maximum Gasteiger partial charge on any atom is 0.338 e. The second kappa shape index (κ2) is 6.97. The fourth-order valence-corrected chi connectivity index (χ4v) is 2.46. The number of thiophene rings is 1. The molecule has 0 aliphatic heterocycles. The number of hydrogen-bond donors (Lipinski definition) is 2. The third kappa shape index (κ3) is 4.33. The van der Waals surface area contributed by atoms with Crippen LogP contribution in [0.4, 0.5) is 13.8 Å². The number of esters is 1. The number of amides is 2. The second-order valence-electron chi connectivity index (χ2n) is 4.31. The van der Waals surface area contributed by atoms with Gasteiger partial charge in [-0.25, -0.2) is 13.6 Å². The molecule has 0 aliphatic carbocycles. The van der Waals surface area contributed by atoms with Crippen molar-refractivity contribution in [3.63, 3.8) is 0 Å². The second-order valence-corrected chi connectivity index (χ2v) is 5.23. The largest absolute Gasteiger partial charge is 0.452 e. The number of nitrogens with two attached hydrogens (primary N) is 1. The molecule has 0 saturated heterocycles. The van der Waals surface area contributed by atoms with Crippen LogP contribution in [-0.4, -0.2) is 24.4 Å². The SMILES string of the molecule is NC(=O)c1ccsc1NC(=O)COC(=O)c1cc(F)cc(F)c1. The molecule has 6 nitrogen and oxygen atoms in total. The minimum Gasteiger partial charge on any atom is -0.452 e. The number of anilines is 1. The average Bonchev–Trinajstić information content (AvgIpc) is 2.92. The van der Waals surface area contributed by atoms with E-state index in [0.717, 1.165) is 23.5 Å². The van der Waals surface area contributed by atoms with Gasteiger partial charge in [-0.05, 0) is 23.6 Å². The van der Waals surface area contributed by atoms with E-state index in [-0.39, 0.29) is 16.1 Å². The molecule has 2 rings (SSSR count). The van der Waals surface area contributed by atoms with Crippen LogP contribution in [0.25, 0.3) is 0 Å². The summed E-state index contributed by atoms with van der Waals surface area (Å²) in [5.74, 6) is -4.37. The molecule has 2 amide bonds. The van der Waals surface area contributed by atoms with Crippen molar-refractivity contribution in [2.75, 3.05) is 11.9 Å². The van der Waals surface area contributed by atoms with E-state index in [1.54, 1.807) is 5.38 Å². The van der Waals surface area contributed by atoms with Crippen molar-refractivity contribution in [2.24, 2.45) is 5.73 Å². The number of hydrogen-bond acceptors (Lipinski definition) is 5. The highest BCUT2D eigenvalue weighted by Crippen LogP contribution is 2.22. The molecule has 0 radical (unpaired) electrons. The Morgan fingerprint density at radius 3 is 2.43 bits per heavy atom. The van der Waals surface area contributed by atoms with Gasteiger partial charge in [-0.1, -0.05) is 0 Å². The van der Waals surface area contributed by atoms with Crippen molar-refractivity contribution in [3.05, 3.63) is 52.4 Å². The predicted molar refractivity (Wildman–Crippen MR) is 78.1 cm³/mol. The van der Waals surface area contributed by atoms with Crippen LogP contribution in [0.15, 0.2) is 29.6 Å². The van der Waals surface area contributed by atoms with Gasteiger partial charge in [0.1, 0.15) is 16.6 Å². The van der Waals surface area contributed by atoms with Gasteiger partial charge in [0.05, 0.1) is 11.1 Å². The first kappa shape index (κ1) is 16.6. The first-order valence-electron chi connectivity index (χ1n) is 6.17. The Morgan fingerprint density at radius 2 is 1.83 bits per heavy atom. The molecule has 0 atom stereocenters. The zero-order valence-electron chi connectivity index (χ0n) is 11.5. The van der Waals surface area contributed by atoms with Gasteiger partial charge in [0.15, 0.2) is 6.61 Å². The molecule has 0 fully saturated rings. The van der Waals surface area contributed by atoms with Gasteiger partial charge in [-0.2, -0.15) is 0 Å². The van der Waals surface area contributed by atoms with Crippen molar-refractivity contribution in [3.8, 4) is 0 Å². The van der Waals surface area contributed by atoms with E-state index in [1.165, 1.54) is 6.07 Å². The van der Waals surface area contributed by atoms with E-state index in [2.05, 4.69) is 10.1 Å². The number of carbonyl (C=O) groups is 3. The average molecular weight is 340 g/mol. The molecular weight excluding hydrogens is 330 g/mol. The Balaban J connectivity index is 1.95. The van der Waals surface area contributed by atoms with Crippen molar-refractivity contribution >= 4 is 34.1 Å². The molecule has 0 aliphatic rings. The molecule has 3 N–H and O–H groups in total. The predicted octanol–water partition coefficient (Wildman–Crippen LogP) is 1.92. The molecule has 0 unspecified atom stereocenters. The Morgan fingerprint density at radius 1 is 1.17 bits per heavy atom. The Hall–Kier alpha value is -2.81. The quantitative estimate of drug-likeness (QED) is 0.813. The summed E-state index contributed by atoms with van der Waals surface area (Å²) in [6, 6.07) is 3.61. The van der Waals surface area contributed by atoms with Crippen LogP contribution in [0, 0.1) is 11.6 Å². The summed E-state index contributed by atoms with van der Waals surface area (Å²) in [6.45, 7) is -0.687. The van der Waals surface area contributed by atoms with Gasteiger partial charge in [-0.15, -0.1) is 11.3 Å². The van der Waals surface area contributed by atoms with Crippen LogP contribution in [0.5, 0.6) is 0 Å². The molecule has 120 valence electrons.